The minimum Gasteiger partial charge on any atom is -0.168 e. The zero-order valence-corrected chi connectivity index (χ0v) is 21.6. The second kappa shape index (κ2) is 6.18. The lowest BCUT2D eigenvalue weighted by molar-refractivity contribution is 1.14. The van der Waals surface area contributed by atoms with Gasteiger partial charge in [-0.25, -0.2) is 0 Å². The number of hydrogen-bond donors (Lipinski definition) is 0. The molecule has 0 atom stereocenters. The third-order valence-electron chi connectivity index (χ3n) is 4.93. The summed E-state index contributed by atoms with van der Waals surface area (Å²) in [5.41, 5.74) is -1.36. The van der Waals surface area contributed by atoms with E-state index in [0.29, 0.717) is 3.91 Å². The Morgan fingerprint density at radius 1 is 0.789 bits per heavy atom. The van der Waals surface area contributed by atoms with Gasteiger partial charge in [-0.2, -0.15) is 11.1 Å². The first-order valence-electron chi connectivity index (χ1n) is 7.50. The fraction of sp³-hybridized carbons (Fsp3) is 1.00. The molecule has 0 unspecified atom stereocenters. The molecule has 0 aliphatic carbocycles. The van der Waals surface area contributed by atoms with Crippen molar-refractivity contribution in [1.29, 1.82) is 0 Å². The van der Waals surface area contributed by atoms with Crippen LogP contribution in [0.15, 0.2) is 0 Å². The van der Waals surface area contributed by atoms with Crippen molar-refractivity contribution in [2.24, 2.45) is 0 Å². The van der Waals surface area contributed by atoms with Crippen molar-refractivity contribution in [1.82, 2.24) is 0 Å². The summed E-state index contributed by atoms with van der Waals surface area (Å²) in [6, 6.07) is 2.78. The molecule has 0 radical (unpaired) electrons. The summed E-state index contributed by atoms with van der Waals surface area (Å²) < 4.78 is 0.575. The van der Waals surface area contributed by atoms with Crippen molar-refractivity contribution < 1.29 is 0 Å². The van der Waals surface area contributed by atoms with Crippen LogP contribution in [0.4, 0.5) is 0 Å². The van der Waals surface area contributed by atoms with Gasteiger partial charge in [0.1, 0.15) is 13.0 Å². The predicted octanol–water partition coefficient (Wildman–Crippen LogP) is 6.89. The standard InChI is InChI=1S/C13H34ClISi4/c1-11-19(15,12-2)13(16(3,4)5,17(6,7)8)18(9,10)14/h11-12H2,1-10H3. The van der Waals surface area contributed by atoms with Crippen molar-refractivity contribution in [3.05, 3.63) is 0 Å². The van der Waals surface area contributed by atoms with Gasteiger partial charge in [0, 0.05) is 16.1 Å². The van der Waals surface area contributed by atoms with Gasteiger partial charge in [0.15, 0.2) is 0 Å². The van der Waals surface area contributed by atoms with Gasteiger partial charge in [0.05, 0.1) is 0 Å². The van der Waals surface area contributed by atoms with E-state index in [9.17, 15) is 0 Å². The van der Waals surface area contributed by atoms with E-state index >= 15 is 0 Å². The summed E-state index contributed by atoms with van der Waals surface area (Å²) in [4.78, 5) is 0. The zero-order chi connectivity index (χ0) is 15.9. The van der Waals surface area contributed by atoms with Crippen LogP contribution in [0.1, 0.15) is 13.8 Å². The Hall–Kier alpha value is 1.89. The van der Waals surface area contributed by atoms with Crippen LogP contribution in [-0.4, -0.2) is 29.1 Å². The van der Waals surface area contributed by atoms with Gasteiger partial charge in [-0.3, -0.25) is 0 Å². The van der Waals surface area contributed by atoms with E-state index in [0.717, 1.165) is 0 Å². The van der Waals surface area contributed by atoms with Crippen LogP contribution in [-0.2, 0) is 0 Å². The lowest BCUT2D eigenvalue weighted by atomic mass is 10.9. The molecule has 0 amide bonds. The molecule has 0 aromatic heterocycles. The molecular formula is C13H34ClISi4. The van der Waals surface area contributed by atoms with Gasteiger partial charge in [-0.1, -0.05) is 78.3 Å². The van der Waals surface area contributed by atoms with E-state index in [-0.39, 0.29) is 0 Å². The third-order valence-corrected chi connectivity index (χ3v) is 52.1. The summed E-state index contributed by atoms with van der Waals surface area (Å²) in [7, 11) is -4.41. The molecule has 0 aromatic carbocycles. The topological polar surface area (TPSA) is 0 Å². The second-order valence-corrected chi connectivity index (χ2v) is 38.7. The first kappa shape index (κ1) is 20.9. The maximum atomic E-state index is 7.31. The summed E-state index contributed by atoms with van der Waals surface area (Å²) >= 11 is 10.3. The molecule has 0 spiro atoms. The van der Waals surface area contributed by atoms with Gasteiger partial charge >= 0.3 is 0 Å². The Balaban J connectivity index is 6.61. The van der Waals surface area contributed by atoms with Crippen molar-refractivity contribution in [2.75, 3.05) is 0 Å². The summed E-state index contributed by atoms with van der Waals surface area (Å²) in [6.45, 7) is 25.4. The quantitative estimate of drug-likeness (QED) is 0.228. The molecule has 0 nitrogen and oxygen atoms in total. The molecule has 0 bridgehead atoms. The van der Waals surface area contributed by atoms with E-state index in [4.69, 9.17) is 11.1 Å². The largest absolute Gasteiger partial charge is 0.168 e. The molecule has 0 rings (SSSR count). The van der Waals surface area contributed by atoms with Gasteiger partial charge in [0.25, 0.3) is 0 Å². The summed E-state index contributed by atoms with van der Waals surface area (Å²) in [5.74, 6) is 0. The smallest absolute Gasteiger partial charge is 0.149 e. The molecule has 116 valence electrons. The zero-order valence-electron chi connectivity index (χ0n) is 14.7. The van der Waals surface area contributed by atoms with Crippen LogP contribution in [0.3, 0.4) is 0 Å². The van der Waals surface area contributed by atoms with Crippen LogP contribution in [0, 0.1) is 0 Å². The normalized spacial score (nSPS) is 15.8. The molecular weight excluding hydrogens is 431 g/mol. The SMILES string of the molecule is CC[Si](I)(CC)C([Si](C)(C)C)([Si](C)(C)C)[Si](C)(C)Cl. The molecule has 0 N–H and O–H groups in total. The van der Waals surface area contributed by atoms with Crippen molar-refractivity contribution in [2.45, 2.75) is 82.2 Å². The molecule has 19 heavy (non-hydrogen) atoms. The van der Waals surface area contributed by atoms with Crippen molar-refractivity contribution in [3.8, 4) is 0 Å². The Bertz CT molecular complexity index is 272. The molecule has 0 saturated heterocycles. The lowest BCUT2D eigenvalue weighted by Gasteiger charge is -2.64. The van der Waals surface area contributed by atoms with Crippen LogP contribution < -0.4 is 0 Å². The van der Waals surface area contributed by atoms with Gasteiger partial charge in [-0.15, -0.1) is 21.8 Å². The highest BCUT2D eigenvalue weighted by Crippen LogP contribution is 2.64. The van der Waals surface area contributed by atoms with E-state index < -0.39 is 29.1 Å². The van der Waals surface area contributed by atoms with E-state index in [1.165, 1.54) is 12.1 Å². The predicted molar refractivity (Wildman–Crippen MR) is 113 cm³/mol. The highest BCUT2D eigenvalue weighted by atomic mass is 127. The summed E-state index contributed by atoms with van der Waals surface area (Å²) in [6.07, 6.45) is 0. The highest BCUT2D eigenvalue weighted by Gasteiger charge is 2.70. The van der Waals surface area contributed by atoms with Crippen LogP contribution in [0.2, 0.25) is 68.4 Å². The number of hydrogen-bond acceptors (Lipinski definition) is 0. The van der Waals surface area contributed by atoms with Gasteiger partial charge < -0.3 is 0 Å². The fourth-order valence-electron chi connectivity index (χ4n) is 5.57. The molecule has 0 aliphatic heterocycles. The van der Waals surface area contributed by atoms with Gasteiger partial charge in [-0.05, 0) is 3.91 Å². The third kappa shape index (κ3) is 3.30. The Labute approximate surface area is 143 Å². The molecule has 0 fully saturated rings. The first-order chi connectivity index (χ1) is 8.12. The highest BCUT2D eigenvalue weighted by molar-refractivity contribution is 14.1. The second-order valence-electron chi connectivity index (χ2n) is 8.39. The molecule has 0 saturated carbocycles. The van der Waals surface area contributed by atoms with Crippen molar-refractivity contribution >= 4 is 62.0 Å². The van der Waals surface area contributed by atoms with Gasteiger partial charge in [0.2, 0.25) is 0 Å². The average Bonchev–Trinajstić information content (AvgIpc) is 2.10. The maximum Gasteiger partial charge on any atom is 0.149 e. The fourth-order valence-corrected chi connectivity index (χ4v) is 77.4. The monoisotopic (exact) mass is 464 g/mol. The number of halogens is 2. The Kier molecular flexibility index (Phi) is 6.79. The minimum absolute atomic E-state index is 0.575. The Morgan fingerprint density at radius 2 is 1.05 bits per heavy atom. The van der Waals surface area contributed by atoms with Crippen molar-refractivity contribution in [3.63, 3.8) is 0 Å². The maximum absolute atomic E-state index is 7.31. The summed E-state index contributed by atoms with van der Waals surface area (Å²) in [5, 5.41) is 0. The minimum atomic E-state index is -1.74. The average molecular weight is 465 g/mol. The van der Waals surface area contributed by atoms with E-state index in [2.05, 4.69) is 88.0 Å². The molecule has 6 heteroatoms. The molecule has 0 aromatic rings. The van der Waals surface area contributed by atoms with Crippen LogP contribution in [0.25, 0.3) is 0 Å². The molecule has 0 heterocycles. The van der Waals surface area contributed by atoms with E-state index in [1.807, 2.05) is 0 Å². The Morgan fingerprint density at radius 3 is 1.11 bits per heavy atom. The van der Waals surface area contributed by atoms with E-state index in [1.54, 1.807) is 0 Å². The number of rotatable bonds is 6. The van der Waals surface area contributed by atoms with Crippen LogP contribution in [0.5, 0.6) is 0 Å². The first-order valence-corrected chi connectivity index (χ1v) is 24.0. The van der Waals surface area contributed by atoms with Crippen LogP contribution >= 0.6 is 32.9 Å². The molecule has 0 aliphatic rings. The lowest BCUT2D eigenvalue weighted by Crippen LogP contribution is -2.74.